The van der Waals surface area contributed by atoms with E-state index in [4.69, 9.17) is 4.74 Å². The maximum Gasteiger partial charge on any atom is 0.162 e. The van der Waals surface area contributed by atoms with Gasteiger partial charge in [0.05, 0.1) is 0 Å². The highest BCUT2D eigenvalue weighted by Crippen LogP contribution is 2.30. The van der Waals surface area contributed by atoms with Crippen molar-refractivity contribution in [3.63, 3.8) is 0 Å². The molecule has 0 spiro atoms. The van der Waals surface area contributed by atoms with E-state index in [1.807, 2.05) is 20.8 Å². The van der Waals surface area contributed by atoms with E-state index in [1.54, 1.807) is 24.3 Å². The van der Waals surface area contributed by atoms with Crippen molar-refractivity contribution in [2.75, 3.05) is 0 Å². The molecule has 0 fully saturated rings. The minimum absolute atomic E-state index is 0.158. The number of aromatic hydroxyl groups is 1. The average Bonchev–Trinajstić information content (AvgIpc) is 2.06. The van der Waals surface area contributed by atoms with Crippen LogP contribution in [0, 0.1) is 0 Å². The summed E-state index contributed by atoms with van der Waals surface area (Å²) in [5.74, 6) is 0.653. The molecule has 2 nitrogen and oxygen atoms in total. The number of benzene rings is 1. The lowest BCUT2D eigenvalue weighted by Gasteiger charge is -2.22. The second-order valence-electron chi connectivity index (χ2n) is 4.15. The Balaban J connectivity index is 3.01. The number of hydrogen-bond donors (Lipinski definition) is 1. The molecule has 0 heterocycles. The number of phenolic OH excluding ortho intramolecular Hbond substituents is 1. The SMILES string of the molecule is C=Cc1ccc(O)c(OC(C)(C)C)c1. The summed E-state index contributed by atoms with van der Waals surface area (Å²) in [5.41, 5.74) is 0.624. The van der Waals surface area contributed by atoms with Crippen LogP contribution in [0.5, 0.6) is 11.5 Å². The molecule has 0 aliphatic rings. The Morgan fingerprint density at radius 2 is 2.00 bits per heavy atom. The Labute approximate surface area is 84.8 Å². The van der Waals surface area contributed by atoms with Crippen LogP contribution in [0.3, 0.4) is 0 Å². The zero-order chi connectivity index (χ0) is 10.8. The molecule has 0 saturated heterocycles. The van der Waals surface area contributed by atoms with Crippen molar-refractivity contribution in [2.45, 2.75) is 26.4 Å². The highest BCUT2D eigenvalue weighted by atomic mass is 16.5. The maximum atomic E-state index is 9.53. The van der Waals surface area contributed by atoms with Crippen LogP contribution in [0.2, 0.25) is 0 Å². The van der Waals surface area contributed by atoms with Gasteiger partial charge in [-0.05, 0) is 38.5 Å². The Kier molecular flexibility index (Phi) is 2.84. The summed E-state index contributed by atoms with van der Waals surface area (Å²) >= 11 is 0. The molecule has 76 valence electrons. The van der Waals surface area contributed by atoms with Gasteiger partial charge in [0.15, 0.2) is 11.5 Å². The third-order valence-corrected chi connectivity index (χ3v) is 1.64. The van der Waals surface area contributed by atoms with Gasteiger partial charge in [-0.3, -0.25) is 0 Å². The van der Waals surface area contributed by atoms with E-state index < -0.39 is 0 Å². The predicted octanol–water partition coefficient (Wildman–Crippen LogP) is 3.21. The smallest absolute Gasteiger partial charge is 0.162 e. The van der Waals surface area contributed by atoms with Crippen molar-refractivity contribution >= 4 is 6.08 Å². The van der Waals surface area contributed by atoms with Crippen molar-refractivity contribution in [1.82, 2.24) is 0 Å². The molecule has 1 aromatic carbocycles. The molecule has 0 bridgehead atoms. The average molecular weight is 192 g/mol. The van der Waals surface area contributed by atoms with Gasteiger partial charge in [0.2, 0.25) is 0 Å². The molecule has 0 aliphatic carbocycles. The molecular formula is C12H16O2. The van der Waals surface area contributed by atoms with Gasteiger partial charge < -0.3 is 9.84 Å². The van der Waals surface area contributed by atoms with Crippen molar-refractivity contribution < 1.29 is 9.84 Å². The summed E-state index contributed by atoms with van der Waals surface area (Å²) in [6, 6.07) is 5.17. The van der Waals surface area contributed by atoms with Crippen molar-refractivity contribution in [3.8, 4) is 11.5 Å². The molecule has 0 amide bonds. The zero-order valence-electron chi connectivity index (χ0n) is 8.87. The van der Waals surface area contributed by atoms with Gasteiger partial charge in [0, 0.05) is 0 Å². The third kappa shape index (κ3) is 2.80. The summed E-state index contributed by atoms with van der Waals surface area (Å²) in [5, 5.41) is 9.53. The van der Waals surface area contributed by atoms with Crippen LogP contribution < -0.4 is 4.74 Å². The standard InChI is InChI=1S/C12H16O2/c1-5-9-6-7-10(13)11(8-9)14-12(2,3)4/h5-8,13H,1H2,2-4H3. The van der Waals surface area contributed by atoms with Crippen LogP contribution in [0.15, 0.2) is 24.8 Å². The van der Waals surface area contributed by atoms with Crippen LogP contribution in [0.1, 0.15) is 26.3 Å². The van der Waals surface area contributed by atoms with E-state index in [2.05, 4.69) is 6.58 Å². The quantitative estimate of drug-likeness (QED) is 0.779. The molecule has 1 N–H and O–H groups in total. The van der Waals surface area contributed by atoms with Crippen LogP contribution >= 0.6 is 0 Å². The molecular weight excluding hydrogens is 176 g/mol. The van der Waals surface area contributed by atoms with E-state index in [1.165, 1.54) is 0 Å². The molecule has 0 radical (unpaired) electrons. The predicted molar refractivity (Wildman–Crippen MR) is 58.6 cm³/mol. The topological polar surface area (TPSA) is 29.5 Å². The fourth-order valence-electron chi connectivity index (χ4n) is 1.07. The monoisotopic (exact) mass is 192 g/mol. The fraction of sp³-hybridized carbons (Fsp3) is 0.333. The molecule has 2 heteroatoms. The van der Waals surface area contributed by atoms with E-state index >= 15 is 0 Å². The molecule has 14 heavy (non-hydrogen) atoms. The van der Waals surface area contributed by atoms with Crippen molar-refractivity contribution in [1.29, 1.82) is 0 Å². The van der Waals surface area contributed by atoms with E-state index in [-0.39, 0.29) is 11.4 Å². The first-order chi connectivity index (χ1) is 6.42. The van der Waals surface area contributed by atoms with Crippen molar-refractivity contribution in [2.24, 2.45) is 0 Å². The largest absolute Gasteiger partial charge is 0.504 e. The third-order valence-electron chi connectivity index (χ3n) is 1.64. The molecule has 0 saturated carbocycles. The van der Waals surface area contributed by atoms with Gasteiger partial charge in [0.1, 0.15) is 5.60 Å². The van der Waals surface area contributed by atoms with Crippen LogP contribution in [-0.4, -0.2) is 10.7 Å². The van der Waals surface area contributed by atoms with Gasteiger partial charge >= 0.3 is 0 Å². The Hall–Kier alpha value is -1.44. The van der Waals surface area contributed by atoms with E-state index in [9.17, 15) is 5.11 Å². The Bertz CT molecular complexity index is 335. The van der Waals surface area contributed by atoms with Crippen molar-refractivity contribution in [3.05, 3.63) is 30.3 Å². The molecule has 0 atom stereocenters. The van der Waals surface area contributed by atoms with Gasteiger partial charge in [-0.25, -0.2) is 0 Å². The Morgan fingerprint density at radius 3 is 2.50 bits per heavy atom. The molecule has 0 aromatic heterocycles. The van der Waals surface area contributed by atoms with Gasteiger partial charge in [-0.2, -0.15) is 0 Å². The zero-order valence-corrected chi connectivity index (χ0v) is 8.87. The normalized spacial score (nSPS) is 11.1. The molecule has 0 aliphatic heterocycles. The number of ether oxygens (including phenoxy) is 1. The highest BCUT2D eigenvalue weighted by Gasteiger charge is 2.14. The van der Waals surface area contributed by atoms with Crippen LogP contribution in [0.25, 0.3) is 6.08 Å². The van der Waals surface area contributed by atoms with Gasteiger partial charge in [-0.15, -0.1) is 0 Å². The van der Waals surface area contributed by atoms with E-state index in [0.717, 1.165) is 5.56 Å². The lowest BCUT2D eigenvalue weighted by Crippen LogP contribution is -2.23. The number of phenols is 1. The highest BCUT2D eigenvalue weighted by molar-refractivity contribution is 5.54. The summed E-state index contributed by atoms with van der Waals surface area (Å²) in [6.07, 6.45) is 1.72. The summed E-state index contributed by atoms with van der Waals surface area (Å²) < 4.78 is 5.58. The number of rotatable bonds is 2. The van der Waals surface area contributed by atoms with Gasteiger partial charge in [0.25, 0.3) is 0 Å². The second-order valence-corrected chi connectivity index (χ2v) is 4.15. The first kappa shape index (κ1) is 10.6. The summed E-state index contributed by atoms with van der Waals surface area (Å²) in [6.45, 7) is 9.47. The van der Waals surface area contributed by atoms with Crippen LogP contribution in [0.4, 0.5) is 0 Å². The van der Waals surface area contributed by atoms with Crippen LogP contribution in [-0.2, 0) is 0 Å². The second kappa shape index (κ2) is 3.74. The minimum atomic E-state index is -0.308. The minimum Gasteiger partial charge on any atom is -0.504 e. The summed E-state index contributed by atoms with van der Waals surface area (Å²) in [4.78, 5) is 0. The maximum absolute atomic E-state index is 9.53. The molecule has 1 aromatic rings. The number of hydrogen-bond acceptors (Lipinski definition) is 2. The Morgan fingerprint density at radius 1 is 1.36 bits per heavy atom. The lowest BCUT2D eigenvalue weighted by atomic mass is 10.1. The molecule has 0 unspecified atom stereocenters. The summed E-state index contributed by atoms with van der Waals surface area (Å²) in [7, 11) is 0. The molecule has 1 rings (SSSR count). The first-order valence-electron chi connectivity index (χ1n) is 4.57. The van der Waals surface area contributed by atoms with E-state index in [0.29, 0.717) is 5.75 Å². The fourth-order valence-corrected chi connectivity index (χ4v) is 1.07. The first-order valence-corrected chi connectivity index (χ1v) is 4.57. The lowest BCUT2D eigenvalue weighted by molar-refractivity contribution is 0.126. The van der Waals surface area contributed by atoms with Gasteiger partial charge in [-0.1, -0.05) is 18.7 Å².